The highest BCUT2D eigenvalue weighted by molar-refractivity contribution is 7.17. The molecule has 0 bridgehead atoms. The van der Waals surface area contributed by atoms with Crippen molar-refractivity contribution in [2.75, 3.05) is 0 Å². The van der Waals surface area contributed by atoms with E-state index >= 15 is 0 Å². The first-order valence-electron chi connectivity index (χ1n) is 4.28. The van der Waals surface area contributed by atoms with Crippen molar-refractivity contribution in [3.63, 3.8) is 0 Å². The SMILES string of the molecule is Cc1csc2cc(C#N)c(CO)cc12. The molecule has 3 heteroatoms. The van der Waals surface area contributed by atoms with E-state index in [0.29, 0.717) is 11.1 Å². The summed E-state index contributed by atoms with van der Waals surface area (Å²) in [6, 6.07) is 5.84. The lowest BCUT2D eigenvalue weighted by molar-refractivity contribution is 0.281. The average Bonchev–Trinajstić information content (AvgIpc) is 2.58. The fourth-order valence-corrected chi connectivity index (χ4v) is 2.44. The Hall–Kier alpha value is -1.37. The molecule has 2 rings (SSSR count). The predicted octanol–water partition coefficient (Wildman–Crippen LogP) is 2.57. The third kappa shape index (κ3) is 1.29. The number of rotatable bonds is 1. The second-order valence-corrected chi connectivity index (χ2v) is 4.11. The first-order valence-corrected chi connectivity index (χ1v) is 5.16. The number of aliphatic hydroxyl groups is 1. The van der Waals surface area contributed by atoms with E-state index in [4.69, 9.17) is 10.4 Å². The van der Waals surface area contributed by atoms with Crippen LogP contribution in [0, 0.1) is 18.3 Å². The molecule has 0 saturated heterocycles. The fourth-order valence-electron chi connectivity index (χ4n) is 1.48. The topological polar surface area (TPSA) is 44.0 Å². The summed E-state index contributed by atoms with van der Waals surface area (Å²) >= 11 is 1.63. The molecular weight excluding hydrogens is 194 g/mol. The summed E-state index contributed by atoms with van der Waals surface area (Å²) in [6.45, 7) is 1.96. The van der Waals surface area contributed by atoms with Gasteiger partial charge in [-0.2, -0.15) is 5.26 Å². The first-order chi connectivity index (χ1) is 6.76. The molecular formula is C11H9NOS. The minimum atomic E-state index is -0.0753. The van der Waals surface area contributed by atoms with E-state index < -0.39 is 0 Å². The van der Waals surface area contributed by atoms with Gasteiger partial charge in [0.25, 0.3) is 0 Å². The van der Waals surface area contributed by atoms with Crippen LogP contribution >= 0.6 is 11.3 Å². The maximum Gasteiger partial charge on any atom is 0.0995 e. The molecule has 0 fully saturated rings. The van der Waals surface area contributed by atoms with Crippen molar-refractivity contribution in [1.29, 1.82) is 5.26 Å². The Morgan fingerprint density at radius 3 is 2.93 bits per heavy atom. The zero-order valence-corrected chi connectivity index (χ0v) is 8.56. The van der Waals surface area contributed by atoms with Gasteiger partial charge in [0.2, 0.25) is 0 Å². The van der Waals surface area contributed by atoms with Crippen LogP contribution < -0.4 is 0 Å². The lowest BCUT2D eigenvalue weighted by Gasteiger charge is -2.00. The zero-order valence-electron chi connectivity index (χ0n) is 7.74. The van der Waals surface area contributed by atoms with E-state index in [1.165, 1.54) is 5.56 Å². The van der Waals surface area contributed by atoms with E-state index in [9.17, 15) is 0 Å². The quantitative estimate of drug-likeness (QED) is 0.774. The molecule has 1 heterocycles. The molecule has 0 aliphatic rings. The molecule has 0 atom stereocenters. The fraction of sp³-hybridized carbons (Fsp3) is 0.182. The number of nitrogens with zero attached hydrogens (tertiary/aromatic N) is 1. The summed E-state index contributed by atoms with van der Waals surface area (Å²) in [5, 5.41) is 21.1. The van der Waals surface area contributed by atoms with Gasteiger partial charge in [0.05, 0.1) is 18.2 Å². The van der Waals surface area contributed by atoms with Crippen molar-refractivity contribution in [3.8, 4) is 6.07 Å². The van der Waals surface area contributed by atoms with Crippen LogP contribution in [-0.2, 0) is 6.61 Å². The molecule has 2 nitrogen and oxygen atoms in total. The number of benzene rings is 1. The summed E-state index contributed by atoms with van der Waals surface area (Å²) in [6.07, 6.45) is 0. The van der Waals surface area contributed by atoms with Crippen LogP contribution in [0.4, 0.5) is 0 Å². The summed E-state index contributed by atoms with van der Waals surface area (Å²) in [4.78, 5) is 0. The molecule has 0 aliphatic carbocycles. The summed E-state index contributed by atoms with van der Waals surface area (Å²) in [5.74, 6) is 0. The standard InChI is InChI=1S/C11H9NOS/c1-7-6-14-11-3-8(4-12)9(5-13)2-10(7)11/h2-3,6,13H,5H2,1H3. The van der Waals surface area contributed by atoms with Crippen molar-refractivity contribution in [2.24, 2.45) is 0 Å². The van der Waals surface area contributed by atoms with Crippen LogP contribution in [0.3, 0.4) is 0 Å². The molecule has 0 radical (unpaired) electrons. The van der Waals surface area contributed by atoms with Gasteiger partial charge in [-0.25, -0.2) is 0 Å². The van der Waals surface area contributed by atoms with Gasteiger partial charge in [-0.15, -0.1) is 11.3 Å². The number of aryl methyl sites for hydroxylation is 1. The van der Waals surface area contributed by atoms with Crippen molar-refractivity contribution < 1.29 is 5.11 Å². The lowest BCUT2D eigenvalue weighted by atomic mass is 10.1. The Balaban J connectivity index is 2.79. The lowest BCUT2D eigenvalue weighted by Crippen LogP contribution is -1.88. The number of hydrogen-bond acceptors (Lipinski definition) is 3. The number of aliphatic hydroxyl groups excluding tert-OH is 1. The summed E-state index contributed by atoms with van der Waals surface area (Å²) < 4.78 is 1.11. The minimum Gasteiger partial charge on any atom is -0.392 e. The normalized spacial score (nSPS) is 10.4. The molecule has 0 unspecified atom stereocenters. The highest BCUT2D eigenvalue weighted by Crippen LogP contribution is 2.28. The third-order valence-corrected chi connectivity index (χ3v) is 3.35. The summed E-state index contributed by atoms with van der Waals surface area (Å²) in [5.41, 5.74) is 2.48. The molecule has 1 aromatic carbocycles. The highest BCUT2D eigenvalue weighted by atomic mass is 32.1. The van der Waals surface area contributed by atoms with Crippen LogP contribution in [0.15, 0.2) is 17.5 Å². The maximum atomic E-state index is 9.09. The first kappa shape index (κ1) is 9.20. The van der Waals surface area contributed by atoms with Crippen LogP contribution in [0.1, 0.15) is 16.7 Å². The molecule has 1 aromatic heterocycles. The van der Waals surface area contributed by atoms with Crippen molar-refractivity contribution in [1.82, 2.24) is 0 Å². The molecule has 0 amide bonds. The second-order valence-electron chi connectivity index (χ2n) is 3.19. The molecule has 0 aliphatic heterocycles. The zero-order chi connectivity index (χ0) is 10.1. The van der Waals surface area contributed by atoms with Gasteiger partial charge in [0.15, 0.2) is 0 Å². The van der Waals surface area contributed by atoms with E-state index in [1.54, 1.807) is 11.3 Å². The van der Waals surface area contributed by atoms with Crippen LogP contribution in [0.2, 0.25) is 0 Å². The van der Waals surface area contributed by atoms with E-state index in [-0.39, 0.29) is 6.61 Å². The van der Waals surface area contributed by atoms with Gasteiger partial charge < -0.3 is 5.11 Å². The van der Waals surface area contributed by atoms with Gasteiger partial charge in [0.1, 0.15) is 0 Å². The Bertz CT molecular complexity index is 522. The van der Waals surface area contributed by atoms with Crippen molar-refractivity contribution in [2.45, 2.75) is 13.5 Å². The highest BCUT2D eigenvalue weighted by Gasteiger charge is 2.06. The van der Waals surface area contributed by atoms with Gasteiger partial charge in [-0.1, -0.05) is 0 Å². The molecule has 0 spiro atoms. The molecule has 0 saturated carbocycles. The summed E-state index contributed by atoms with van der Waals surface area (Å²) in [7, 11) is 0. The van der Waals surface area contributed by atoms with E-state index in [1.807, 2.05) is 19.1 Å². The molecule has 1 N–H and O–H groups in total. The second kappa shape index (κ2) is 3.41. The van der Waals surface area contributed by atoms with Gasteiger partial charge in [-0.3, -0.25) is 0 Å². The monoisotopic (exact) mass is 203 g/mol. The van der Waals surface area contributed by atoms with Crippen LogP contribution in [0.25, 0.3) is 10.1 Å². The number of hydrogen-bond donors (Lipinski definition) is 1. The minimum absolute atomic E-state index is 0.0753. The Labute approximate surface area is 86.0 Å². The number of thiophene rings is 1. The number of fused-ring (bicyclic) bond motifs is 1. The smallest absolute Gasteiger partial charge is 0.0995 e. The Kier molecular flexibility index (Phi) is 2.24. The number of nitriles is 1. The van der Waals surface area contributed by atoms with Crippen LogP contribution in [0.5, 0.6) is 0 Å². The van der Waals surface area contributed by atoms with Gasteiger partial charge in [0, 0.05) is 4.70 Å². The molecule has 2 aromatic rings. The van der Waals surface area contributed by atoms with Crippen molar-refractivity contribution in [3.05, 3.63) is 34.2 Å². The van der Waals surface area contributed by atoms with E-state index in [0.717, 1.165) is 10.1 Å². The van der Waals surface area contributed by atoms with E-state index in [2.05, 4.69) is 11.4 Å². The molecule has 70 valence electrons. The predicted molar refractivity (Wildman–Crippen MR) is 57.2 cm³/mol. The van der Waals surface area contributed by atoms with Gasteiger partial charge in [-0.05, 0) is 40.9 Å². The van der Waals surface area contributed by atoms with Gasteiger partial charge >= 0.3 is 0 Å². The molecule has 14 heavy (non-hydrogen) atoms. The largest absolute Gasteiger partial charge is 0.392 e. The Morgan fingerprint density at radius 2 is 2.29 bits per heavy atom. The maximum absolute atomic E-state index is 9.09. The van der Waals surface area contributed by atoms with Crippen LogP contribution in [-0.4, -0.2) is 5.11 Å². The Morgan fingerprint density at radius 1 is 1.50 bits per heavy atom. The third-order valence-electron chi connectivity index (χ3n) is 2.28. The van der Waals surface area contributed by atoms with Crippen molar-refractivity contribution >= 4 is 21.4 Å². The average molecular weight is 203 g/mol.